The van der Waals surface area contributed by atoms with Crippen molar-refractivity contribution in [3.63, 3.8) is 0 Å². The zero-order valence-corrected chi connectivity index (χ0v) is 14.9. The van der Waals surface area contributed by atoms with Gasteiger partial charge in [0.25, 0.3) is 0 Å². The minimum Gasteiger partial charge on any atom is -0.468 e. The van der Waals surface area contributed by atoms with Crippen molar-refractivity contribution in [3.8, 4) is 0 Å². The Hall–Kier alpha value is -3.14. The second-order valence-electron chi connectivity index (χ2n) is 6.34. The zero-order chi connectivity index (χ0) is 19.7. The van der Waals surface area contributed by atoms with E-state index in [-0.39, 0.29) is 12.6 Å². The first-order valence-corrected chi connectivity index (χ1v) is 8.63. The Morgan fingerprint density at radius 3 is 3.00 bits per heavy atom. The maximum Gasteiger partial charge on any atom is 0.327 e. The summed E-state index contributed by atoms with van der Waals surface area (Å²) in [6, 6.07) is 3.53. The molecule has 0 radical (unpaired) electrons. The highest BCUT2D eigenvalue weighted by molar-refractivity contribution is 5.87. The number of aromatic nitrogens is 4. The number of fused-ring (bicyclic) bond motifs is 1. The van der Waals surface area contributed by atoms with Crippen molar-refractivity contribution in [1.29, 1.82) is 0 Å². The Labute approximate surface area is 158 Å². The lowest BCUT2D eigenvalue weighted by Crippen LogP contribution is -2.24. The molecule has 0 spiro atoms. The van der Waals surface area contributed by atoms with Gasteiger partial charge in [-0.05, 0) is 24.1 Å². The number of halogens is 2. The number of hydrogen-bond acceptors (Lipinski definition) is 7. The third kappa shape index (κ3) is 3.38. The van der Waals surface area contributed by atoms with Crippen molar-refractivity contribution in [2.75, 3.05) is 19.0 Å². The van der Waals surface area contributed by atoms with Crippen LogP contribution in [-0.4, -0.2) is 45.5 Å². The average Bonchev–Trinajstić information content (AvgIpc) is 3.32. The third-order valence-electron chi connectivity index (χ3n) is 4.63. The smallest absolute Gasteiger partial charge is 0.327 e. The Balaban J connectivity index is 1.60. The summed E-state index contributed by atoms with van der Waals surface area (Å²) in [7, 11) is 1.30. The van der Waals surface area contributed by atoms with Gasteiger partial charge in [-0.1, -0.05) is 6.07 Å². The van der Waals surface area contributed by atoms with Crippen LogP contribution in [0.15, 0.2) is 30.7 Å². The zero-order valence-electron chi connectivity index (χ0n) is 14.9. The van der Waals surface area contributed by atoms with Crippen LogP contribution < -0.4 is 5.32 Å². The van der Waals surface area contributed by atoms with Gasteiger partial charge in [-0.25, -0.2) is 23.4 Å². The summed E-state index contributed by atoms with van der Waals surface area (Å²) in [5, 5.41) is 8.08. The molecule has 1 fully saturated rings. The van der Waals surface area contributed by atoms with Crippen LogP contribution in [0.2, 0.25) is 0 Å². The van der Waals surface area contributed by atoms with E-state index in [1.807, 2.05) is 0 Å². The summed E-state index contributed by atoms with van der Waals surface area (Å²) in [5.74, 6) is -1.74. The number of carbonyl (C=O) groups is 1. The molecule has 4 rings (SSSR count). The van der Waals surface area contributed by atoms with Crippen LogP contribution >= 0.6 is 0 Å². The number of esters is 1. The monoisotopic (exact) mass is 389 g/mol. The minimum absolute atomic E-state index is 0.0690. The van der Waals surface area contributed by atoms with Crippen molar-refractivity contribution >= 4 is 22.8 Å². The normalized spacial score (nSPS) is 19.1. The second-order valence-corrected chi connectivity index (χ2v) is 6.34. The molecule has 28 heavy (non-hydrogen) atoms. The Morgan fingerprint density at radius 2 is 2.21 bits per heavy atom. The Kier molecular flexibility index (Phi) is 4.86. The van der Waals surface area contributed by atoms with E-state index in [1.165, 1.54) is 24.2 Å². The first kappa shape index (κ1) is 18.2. The highest BCUT2D eigenvalue weighted by Crippen LogP contribution is 2.33. The van der Waals surface area contributed by atoms with Gasteiger partial charge in [0.2, 0.25) is 0 Å². The van der Waals surface area contributed by atoms with E-state index < -0.39 is 23.7 Å². The molecular formula is C18H17F2N5O3. The van der Waals surface area contributed by atoms with Crippen molar-refractivity contribution in [2.45, 2.75) is 25.1 Å². The maximum absolute atomic E-state index is 13.6. The van der Waals surface area contributed by atoms with E-state index in [4.69, 9.17) is 4.74 Å². The Morgan fingerprint density at radius 1 is 1.36 bits per heavy atom. The highest BCUT2D eigenvalue weighted by Gasteiger charge is 2.31. The number of hydrogen-bond donors (Lipinski definition) is 1. The molecule has 0 amide bonds. The van der Waals surface area contributed by atoms with Crippen LogP contribution in [0, 0.1) is 11.6 Å². The van der Waals surface area contributed by atoms with E-state index in [2.05, 4.69) is 25.1 Å². The minimum atomic E-state index is -0.916. The standard InChI is InChI=1S/C18H17F2N5O3/c1-27-15(26)8-25-18-11(7-23-25)17(21-9-22-18)24-14-4-5-28-16(14)10-2-3-12(19)13(20)6-10/h2-3,6-7,9,14,16H,4-5,8H2,1H3,(H,21,22,24). The van der Waals surface area contributed by atoms with Crippen LogP contribution in [0.3, 0.4) is 0 Å². The highest BCUT2D eigenvalue weighted by atomic mass is 19.2. The molecule has 0 saturated carbocycles. The van der Waals surface area contributed by atoms with Crippen molar-refractivity contribution in [2.24, 2.45) is 0 Å². The quantitative estimate of drug-likeness (QED) is 0.669. The maximum atomic E-state index is 13.6. The molecule has 1 aromatic carbocycles. The molecule has 146 valence electrons. The summed E-state index contributed by atoms with van der Waals surface area (Å²) in [5.41, 5.74) is 1.02. The lowest BCUT2D eigenvalue weighted by molar-refractivity contribution is -0.141. The number of rotatable bonds is 5. The fourth-order valence-electron chi connectivity index (χ4n) is 3.24. The van der Waals surface area contributed by atoms with Gasteiger partial charge < -0.3 is 14.8 Å². The fourth-order valence-corrected chi connectivity index (χ4v) is 3.24. The number of nitrogens with one attached hydrogen (secondary N) is 1. The van der Waals surface area contributed by atoms with Gasteiger partial charge in [0.15, 0.2) is 17.3 Å². The molecule has 1 aliphatic rings. The van der Waals surface area contributed by atoms with E-state index in [1.54, 1.807) is 6.20 Å². The van der Waals surface area contributed by atoms with E-state index in [0.717, 1.165) is 12.1 Å². The molecule has 2 aromatic heterocycles. The van der Waals surface area contributed by atoms with Gasteiger partial charge in [0.05, 0.1) is 24.7 Å². The molecule has 10 heteroatoms. The second kappa shape index (κ2) is 7.47. The van der Waals surface area contributed by atoms with E-state index >= 15 is 0 Å². The molecule has 3 heterocycles. The average molecular weight is 389 g/mol. The molecule has 3 aromatic rings. The SMILES string of the molecule is COC(=O)Cn1ncc2c(NC3CCOC3c3ccc(F)c(F)c3)ncnc21. The van der Waals surface area contributed by atoms with Gasteiger partial charge in [-0.15, -0.1) is 0 Å². The summed E-state index contributed by atoms with van der Waals surface area (Å²) in [4.78, 5) is 20.0. The molecule has 2 atom stereocenters. The number of methoxy groups -OCH3 is 1. The molecule has 1 saturated heterocycles. The molecule has 2 unspecified atom stereocenters. The molecule has 1 N–H and O–H groups in total. The van der Waals surface area contributed by atoms with Crippen molar-refractivity contribution < 1.29 is 23.0 Å². The number of benzene rings is 1. The fraction of sp³-hybridized carbons (Fsp3) is 0.333. The van der Waals surface area contributed by atoms with E-state index in [0.29, 0.717) is 35.4 Å². The van der Waals surface area contributed by atoms with Crippen molar-refractivity contribution in [3.05, 3.63) is 47.9 Å². The molecule has 0 bridgehead atoms. The summed E-state index contributed by atoms with van der Waals surface area (Å²) in [6.45, 7) is 0.400. The topological polar surface area (TPSA) is 91.2 Å². The van der Waals surface area contributed by atoms with Gasteiger partial charge in [-0.3, -0.25) is 4.79 Å². The van der Waals surface area contributed by atoms with Crippen molar-refractivity contribution in [1.82, 2.24) is 19.7 Å². The predicted octanol–water partition coefficient (Wildman–Crippen LogP) is 2.22. The summed E-state index contributed by atoms with van der Waals surface area (Å²) in [6.07, 6.45) is 3.13. The first-order valence-electron chi connectivity index (χ1n) is 8.63. The summed E-state index contributed by atoms with van der Waals surface area (Å²) < 4.78 is 38.7. The number of nitrogens with zero attached hydrogens (tertiary/aromatic N) is 4. The lowest BCUT2D eigenvalue weighted by atomic mass is 10.0. The van der Waals surface area contributed by atoms with Crippen LogP contribution in [-0.2, 0) is 20.8 Å². The van der Waals surface area contributed by atoms with Gasteiger partial charge in [-0.2, -0.15) is 5.10 Å². The van der Waals surface area contributed by atoms with Crippen LogP contribution in [0.1, 0.15) is 18.1 Å². The van der Waals surface area contributed by atoms with Crippen LogP contribution in [0.4, 0.5) is 14.6 Å². The molecular weight excluding hydrogens is 372 g/mol. The molecule has 1 aliphatic heterocycles. The van der Waals surface area contributed by atoms with Gasteiger partial charge in [0.1, 0.15) is 24.8 Å². The van der Waals surface area contributed by atoms with Gasteiger partial charge in [0, 0.05) is 6.61 Å². The number of carbonyl (C=O) groups excluding carboxylic acids is 1. The third-order valence-corrected chi connectivity index (χ3v) is 4.63. The molecule has 8 nitrogen and oxygen atoms in total. The largest absolute Gasteiger partial charge is 0.468 e. The molecule has 0 aliphatic carbocycles. The number of ether oxygens (including phenoxy) is 2. The Bertz CT molecular complexity index is 1030. The first-order chi connectivity index (χ1) is 13.6. The lowest BCUT2D eigenvalue weighted by Gasteiger charge is -2.21. The van der Waals surface area contributed by atoms with Crippen LogP contribution in [0.5, 0.6) is 0 Å². The summed E-state index contributed by atoms with van der Waals surface area (Å²) >= 11 is 0. The van der Waals surface area contributed by atoms with Gasteiger partial charge >= 0.3 is 5.97 Å². The van der Waals surface area contributed by atoms with E-state index in [9.17, 15) is 13.6 Å². The number of anilines is 1. The predicted molar refractivity (Wildman–Crippen MR) is 94.4 cm³/mol. The van der Waals surface area contributed by atoms with Crippen LogP contribution in [0.25, 0.3) is 11.0 Å².